The van der Waals surface area contributed by atoms with Gasteiger partial charge in [0.25, 0.3) is 0 Å². The zero-order valence-electron chi connectivity index (χ0n) is 12.5. The average Bonchev–Trinajstić information content (AvgIpc) is 3.00. The van der Waals surface area contributed by atoms with E-state index in [2.05, 4.69) is 36.6 Å². The predicted octanol–water partition coefficient (Wildman–Crippen LogP) is 5.04. The van der Waals surface area contributed by atoms with Crippen molar-refractivity contribution in [3.8, 4) is 10.6 Å². The summed E-state index contributed by atoms with van der Waals surface area (Å²) < 4.78 is 0. The van der Waals surface area contributed by atoms with E-state index in [0.29, 0.717) is 0 Å². The van der Waals surface area contributed by atoms with Crippen LogP contribution in [-0.2, 0) is 5.54 Å². The Labute approximate surface area is 135 Å². The van der Waals surface area contributed by atoms with Crippen molar-refractivity contribution in [2.45, 2.75) is 49.5 Å². The first-order valence-electron chi connectivity index (χ1n) is 7.69. The number of hydrogen-bond acceptors (Lipinski definition) is 4. The molecule has 1 aliphatic carbocycles. The summed E-state index contributed by atoms with van der Waals surface area (Å²) in [6.45, 7) is 2.18. The van der Waals surface area contributed by atoms with Crippen molar-refractivity contribution in [2.75, 3.05) is 5.75 Å². The smallest absolute Gasteiger partial charge is 0.123 e. The maximum absolute atomic E-state index is 6.58. The quantitative estimate of drug-likeness (QED) is 0.803. The van der Waals surface area contributed by atoms with Crippen LogP contribution in [0.15, 0.2) is 34.5 Å². The molecule has 0 saturated heterocycles. The lowest BCUT2D eigenvalue weighted by Crippen LogP contribution is -2.38. The van der Waals surface area contributed by atoms with Gasteiger partial charge in [0, 0.05) is 15.8 Å². The third kappa shape index (κ3) is 3.33. The van der Waals surface area contributed by atoms with Crippen LogP contribution in [0.5, 0.6) is 0 Å². The first kappa shape index (κ1) is 15.1. The van der Waals surface area contributed by atoms with E-state index in [1.807, 2.05) is 11.8 Å². The molecule has 0 aliphatic heterocycles. The Balaban J connectivity index is 1.80. The van der Waals surface area contributed by atoms with Crippen LogP contribution in [0.4, 0.5) is 0 Å². The number of nitrogens with zero attached hydrogens (tertiary/aromatic N) is 1. The molecule has 2 N–H and O–H groups in total. The van der Waals surface area contributed by atoms with E-state index < -0.39 is 0 Å². The van der Waals surface area contributed by atoms with Crippen molar-refractivity contribution in [1.82, 2.24) is 4.98 Å². The number of hydrogen-bond donors (Lipinski definition) is 1. The van der Waals surface area contributed by atoms with Gasteiger partial charge in [0.15, 0.2) is 0 Å². The molecule has 0 radical (unpaired) electrons. The van der Waals surface area contributed by atoms with E-state index in [4.69, 9.17) is 10.7 Å². The van der Waals surface area contributed by atoms with Crippen molar-refractivity contribution in [3.63, 3.8) is 0 Å². The van der Waals surface area contributed by atoms with E-state index in [1.54, 1.807) is 11.3 Å². The Morgan fingerprint density at radius 3 is 2.57 bits per heavy atom. The molecular weight excluding hydrogens is 296 g/mol. The fourth-order valence-electron chi connectivity index (χ4n) is 2.93. The van der Waals surface area contributed by atoms with Crippen LogP contribution in [0.1, 0.15) is 44.7 Å². The summed E-state index contributed by atoms with van der Waals surface area (Å²) in [5.41, 5.74) is 8.68. The first-order chi connectivity index (χ1) is 10.2. The topological polar surface area (TPSA) is 38.9 Å². The largest absolute Gasteiger partial charge is 0.320 e. The van der Waals surface area contributed by atoms with Crippen molar-refractivity contribution < 1.29 is 0 Å². The molecule has 21 heavy (non-hydrogen) atoms. The predicted molar refractivity (Wildman–Crippen MR) is 92.9 cm³/mol. The number of rotatable bonds is 4. The Hall–Kier alpha value is -0.840. The number of thiazole rings is 1. The van der Waals surface area contributed by atoms with Gasteiger partial charge in [-0.2, -0.15) is 0 Å². The number of aromatic nitrogens is 1. The van der Waals surface area contributed by atoms with Crippen LogP contribution in [0.2, 0.25) is 0 Å². The molecule has 2 aromatic rings. The second-order valence-corrected chi connectivity index (χ2v) is 7.91. The fourth-order valence-corrected chi connectivity index (χ4v) is 4.53. The zero-order chi connectivity index (χ0) is 14.7. The molecule has 2 nitrogen and oxygen atoms in total. The first-order valence-corrected chi connectivity index (χ1v) is 9.56. The van der Waals surface area contributed by atoms with Crippen LogP contribution >= 0.6 is 23.1 Å². The lowest BCUT2D eigenvalue weighted by Gasteiger charge is -2.31. The highest BCUT2D eigenvalue weighted by Gasteiger charge is 2.31. The molecule has 0 spiro atoms. The van der Waals surface area contributed by atoms with Gasteiger partial charge >= 0.3 is 0 Å². The van der Waals surface area contributed by atoms with Crippen LogP contribution in [0, 0.1) is 0 Å². The van der Waals surface area contributed by atoms with Gasteiger partial charge < -0.3 is 5.73 Å². The second-order valence-electron chi connectivity index (χ2n) is 5.71. The van der Waals surface area contributed by atoms with E-state index in [0.717, 1.165) is 29.3 Å². The Morgan fingerprint density at radius 1 is 1.19 bits per heavy atom. The van der Waals surface area contributed by atoms with Gasteiger partial charge in [-0.3, -0.25) is 0 Å². The lowest BCUT2D eigenvalue weighted by atomic mass is 9.81. The highest BCUT2D eigenvalue weighted by Crippen LogP contribution is 2.37. The standard InChI is InChI=1S/C17H22N2S2/c1-2-20-14-8-6-13(7-9-14)16-19-15(12-21-16)17(18)10-4-3-5-11-17/h6-9,12H,2-5,10-11,18H2,1H3. The van der Waals surface area contributed by atoms with Crippen molar-refractivity contribution in [3.05, 3.63) is 35.3 Å². The molecule has 0 unspecified atom stereocenters. The normalized spacial score (nSPS) is 17.8. The maximum atomic E-state index is 6.58. The minimum absolute atomic E-state index is 0.189. The SMILES string of the molecule is CCSc1ccc(-c2nc(C3(N)CCCCC3)cs2)cc1. The summed E-state index contributed by atoms with van der Waals surface area (Å²) in [4.78, 5) is 6.16. The molecule has 0 atom stereocenters. The molecule has 1 aromatic heterocycles. The van der Waals surface area contributed by atoms with Crippen LogP contribution in [-0.4, -0.2) is 10.7 Å². The molecule has 112 valence electrons. The average molecular weight is 319 g/mol. The molecule has 0 amide bonds. The van der Waals surface area contributed by atoms with Crippen molar-refractivity contribution in [1.29, 1.82) is 0 Å². The molecule has 1 saturated carbocycles. The fraction of sp³-hybridized carbons (Fsp3) is 0.471. The van der Waals surface area contributed by atoms with Crippen LogP contribution in [0.3, 0.4) is 0 Å². The molecule has 3 rings (SSSR count). The zero-order valence-corrected chi connectivity index (χ0v) is 14.1. The molecular formula is C17H22N2S2. The summed E-state index contributed by atoms with van der Waals surface area (Å²) >= 11 is 3.59. The maximum Gasteiger partial charge on any atom is 0.123 e. The van der Waals surface area contributed by atoms with Crippen LogP contribution < -0.4 is 5.73 Å². The van der Waals surface area contributed by atoms with Gasteiger partial charge in [-0.25, -0.2) is 4.98 Å². The van der Waals surface area contributed by atoms with E-state index in [1.165, 1.54) is 29.7 Å². The second kappa shape index (κ2) is 6.51. The van der Waals surface area contributed by atoms with E-state index >= 15 is 0 Å². The molecule has 1 aromatic carbocycles. The highest BCUT2D eigenvalue weighted by atomic mass is 32.2. The summed E-state index contributed by atoms with van der Waals surface area (Å²) in [5.74, 6) is 1.11. The van der Waals surface area contributed by atoms with E-state index in [-0.39, 0.29) is 5.54 Å². The molecule has 1 heterocycles. The Bertz CT molecular complexity index is 583. The third-order valence-corrected chi connectivity index (χ3v) is 5.96. The highest BCUT2D eigenvalue weighted by molar-refractivity contribution is 7.99. The molecule has 1 fully saturated rings. The monoisotopic (exact) mass is 318 g/mol. The Morgan fingerprint density at radius 2 is 1.90 bits per heavy atom. The van der Waals surface area contributed by atoms with Crippen molar-refractivity contribution >= 4 is 23.1 Å². The van der Waals surface area contributed by atoms with Gasteiger partial charge in [0.2, 0.25) is 0 Å². The summed E-state index contributed by atoms with van der Waals surface area (Å²) in [5, 5.41) is 3.25. The molecule has 0 bridgehead atoms. The lowest BCUT2D eigenvalue weighted by molar-refractivity contribution is 0.296. The van der Waals surface area contributed by atoms with Gasteiger partial charge in [-0.1, -0.05) is 38.3 Å². The van der Waals surface area contributed by atoms with Gasteiger partial charge in [-0.15, -0.1) is 23.1 Å². The summed E-state index contributed by atoms with van der Waals surface area (Å²) in [6.07, 6.45) is 5.91. The van der Waals surface area contributed by atoms with Gasteiger partial charge in [-0.05, 0) is 30.7 Å². The number of nitrogens with two attached hydrogens (primary N) is 1. The number of thioether (sulfide) groups is 1. The molecule has 4 heteroatoms. The summed E-state index contributed by atoms with van der Waals surface area (Å²) in [6, 6.07) is 8.71. The minimum atomic E-state index is -0.189. The third-order valence-electron chi connectivity index (χ3n) is 4.17. The van der Waals surface area contributed by atoms with Crippen LogP contribution in [0.25, 0.3) is 10.6 Å². The Kier molecular flexibility index (Phi) is 4.67. The minimum Gasteiger partial charge on any atom is -0.320 e. The van der Waals surface area contributed by atoms with E-state index in [9.17, 15) is 0 Å². The van der Waals surface area contributed by atoms with Gasteiger partial charge in [0.1, 0.15) is 5.01 Å². The summed E-state index contributed by atoms with van der Waals surface area (Å²) in [7, 11) is 0. The van der Waals surface area contributed by atoms with Crippen molar-refractivity contribution in [2.24, 2.45) is 5.73 Å². The molecule has 1 aliphatic rings. The van der Waals surface area contributed by atoms with Gasteiger partial charge in [0.05, 0.1) is 11.2 Å². The number of benzene rings is 1.